The minimum absolute atomic E-state index is 0.0422. The maximum absolute atomic E-state index is 12.7. The summed E-state index contributed by atoms with van der Waals surface area (Å²) in [5, 5.41) is 6.27. The van der Waals surface area contributed by atoms with E-state index in [0.29, 0.717) is 11.4 Å². The Morgan fingerprint density at radius 2 is 2.08 bits per heavy atom. The molecule has 1 fully saturated rings. The Kier molecular flexibility index (Phi) is 4.45. The summed E-state index contributed by atoms with van der Waals surface area (Å²) in [6, 6.07) is 6.26. The van der Waals surface area contributed by atoms with E-state index in [1.807, 2.05) is 13.0 Å². The first-order valence-corrected chi connectivity index (χ1v) is 7.88. The van der Waals surface area contributed by atoms with Gasteiger partial charge in [0.05, 0.1) is 11.4 Å². The van der Waals surface area contributed by atoms with Gasteiger partial charge in [-0.3, -0.25) is 9.48 Å². The third-order valence-corrected chi connectivity index (χ3v) is 3.99. The first kappa shape index (κ1) is 17.3. The normalized spacial score (nSPS) is 14.4. The summed E-state index contributed by atoms with van der Waals surface area (Å²) < 4.78 is 45.0. The number of anilines is 1. The molecule has 3 rings (SSSR count). The molecule has 1 aromatic heterocycles. The van der Waals surface area contributed by atoms with Gasteiger partial charge in [-0.1, -0.05) is 6.07 Å². The van der Waals surface area contributed by atoms with Crippen molar-refractivity contribution in [1.29, 1.82) is 0 Å². The number of hydrogen-bond donors (Lipinski definition) is 1. The molecule has 1 aliphatic carbocycles. The highest BCUT2D eigenvalue weighted by atomic mass is 19.4. The number of nitrogens with one attached hydrogen (secondary N) is 1. The molecule has 0 unspecified atom stereocenters. The lowest BCUT2D eigenvalue weighted by atomic mass is 10.2. The Morgan fingerprint density at radius 3 is 2.68 bits per heavy atom. The van der Waals surface area contributed by atoms with E-state index in [1.54, 1.807) is 12.1 Å². The van der Waals surface area contributed by atoms with E-state index in [2.05, 4.69) is 10.4 Å². The molecular weight excluding hydrogens is 335 g/mol. The first-order chi connectivity index (χ1) is 11.7. The number of aromatic nitrogens is 2. The van der Waals surface area contributed by atoms with Crippen LogP contribution in [0.25, 0.3) is 0 Å². The second kappa shape index (κ2) is 6.42. The van der Waals surface area contributed by atoms with Crippen molar-refractivity contribution in [3.63, 3.8) is 0 Å². The van der Waals surface area contributed by atoms with E-state index in [9.17, 15) is 18.0 Å². The van der Waals surface area contributed by atoms with Crippen molar-refractivity contribution >= 4 is 11.6 Å². The SMILES string of the molecule is Cc1ccc(NC(=O)C2CC2)c(OCc2cc(C(F)(F)F)nn2C)c1. The summed E-state index contributed by atoms with van der Waals surface area (Å²) in [7, 11) is 1.43. The average Bonchev–Trinajstić information content (AvgIpc) is 3.30. The molecule has 0 aliphatic heterocycles. The summed E-state index contributed by atoms with van der Waals surface area (Å²) >= 11 is 0. The Hall–Kier alpha value is -2.51. The van der Waals surface area contributed by atoms with Crippen LogP contribution in [0.5, 0.6) is 5.75 Å². The molecule has 0 radical (unpaired) electrons. The highest BCUT2D eigenvalue weighted by Crippen LogP contribution is 2.33. The monoisotopic (exact) mass is 353 g/mol. The van der Waals surface area contributed by atoms with Crippen molar-refractivity contribution in [2.75, 3.05) is 5.32 Å². The number of nitrogens with zero attached hydrogens (tertiary/aromatic N) is 2. The van der Waals surface area contributed by atoms with Crippen molar-refractivity contribution < 1.29 is 22.7 Å². The lowest BCUT2D eigenvalue weighted by Crippen LogP contribution is -2.14. The molecule has 8 heteroatoms. The molecule has 0 saturated heterocycles. The van der Waals surface area contributed by atoms with Crippen LogP contribution in [0.2, 0.25) is 0 Å². The zero-order chi connectivity index (χ0) is 18.2. The molecule has 1 heterocycles. The number of aryl methyl sites for hydroxylation is 2. The summed E-state index contributed by atoms with van der Waals surface area (Å²) in [6.45, 7) is 1.78. The molecule has 0 bridgehead atoms. The van der Waals surface area contributed by atoms with Crippen LogP contribution >= 0.6 is 0 Å². The molecule has 25 heavy (non-hydrogen) atoms. The van der Waals surface area contributed by atoms with E-state index in [-0.39, 0.29) is 24.1 Å². The second-order valence-electron chi connectivity index (χ2n) is 6.19. The topological polar surface area (TPSA) is 56.1 Å². The lowest BCUT2D eigenvalue weighted by molar-refractivity contribution is -0.141. The molecule has 5 nitrogen and oxygen atoms in total. The minimum atomic E-state index is -4.50. The number of alkyl halides is 3. The van der Waals surface area contributed by atoms with Gasteiger partial charge in [0.2, 0.25) is 5.91 Å². The van der Waals surface area contributed by atoms with E-state index >= 15 is 0 Å². The minimum Gasteiger partial charge on any atom is -0.485 e. The third-order valence-electron chi connectivity index (χ3n) is 3.99. The van der Waals surface area contributed by atoms with Crippen molar-refractivity contribution in [2.24, 2.45) is 13.0 Å². The zero-order valence-corrected chi connectivity index (χ0v) is 13.9. The van der Waals surface area contributed by atoms with Crippen molar-refractivity contribution in [2.45, 2.75) is 32.5 Å². The van der Waals surface area contributed by atoms with Crippen molar-refractivity contribution in [1.82, 2.24) is 9.78 Å². The predicted molar refractivity (Wildman–Crippen MR) is 85.1 cm³/mol. The first-order valence-electron chi connectivity index (χ1n) is 7.88. The standard InChI is InChI=1S/C17H18F3N3O2/c1-10-3-6-13(21-16(24)11-4-5-11)14(7-10)25-9-12-8-15(17(18,19)20)22-23(12)2/h3,6-8,11H,4-5,9H2,1-2H3,(H,21,24). The molecule has 0 atom stereocenters. The molecule has 134 valence electrons. The molecule has 0 spiro atoms. The van der Waals surface area contributed by atoms with Crippen LogP contribution in [-0.4, -0.2) is 15.7 Å². The largest absolute Gasteiger partial charge is 0.485 e. The van der Waals surface area contributed by atoms with Crippen LogP contribution in [0.1, 0.15) is 29.8 Å². The fraction of sp³-hybridized carbons (Fsp3) is 0.412. The second-order valence-corrected chi connectivity index (χ2v) is 6.19. The summed E-state index contributed by atoms with van der Waals surface area (Å²) in [4.78, 5) is 11.9. The Morgan fingerprint density at radius 1 is 1.36 bits per heavy atom. The molecule has 1 N–H and O–H groups in total. The van der Waals surface area contributed by atoms with Crippen molar-refractivity contribution in [3.8, 4) is 5.75 Å². The predicted octanol–water partition coefficient (Wildman–Crippen LogP) is 3.67. The maximum Gasteiger partial charge on any atom is 0.435 e. The van der Waals surface area contributed by atoms with E-state index in [0.717, 1.165) is 29.2 Å². The smallest absolute Gasteiger partial charge is 0.435 e. The summed E-state index contributed by atoms with van der Waals surface area (Å²) in [6.07, 6.45) is -2.74. The molecule has 1 saturated carbocycles. The molecular formula is C17H18F3N3O2. The number of halogens is 3. The molecule has 1 aromatic carbocycles. The van der Waals surface area contributed by atoms with Gasteiger partial charge in [0.1, 0.15) is 12.4 Å². The third kappa shape index (κ3) is 4.12. The highest BCUT2D eigenvalue weighted by Gasteiger charge is 2.34. The fourth-order valence-electron chi connectivity index (χ4n) is 2.36. The van der Waals surface area contributed by atoms with E-state index in [4.69, 9.17) is 4.74 Å². The molecule has 2 aromatic rings. The molecule has 1 amide bonds. The van der Waals surface area contributed by atoms with Crippen LogP contribution in [-0.2, 0) is 24.6 Å². The van der Waals surface area contributed by atoms with Gasteiger partial charge < -0.3 is 10.1 Å². The quantitative estimate of drug-likeness (QED) is 0.892. The van der Waals surface area contributed by atoms with Gasteiger partial charge in [-0.2, -0.15) is 18.3 Å². The van der Waals surface area contributed by atoms with Crippen molar-refractivity contribution in [3.05, 3.63) is 41.2 Å². The van der Waals surface area contributed by atoms with Crippen LogP contribution in [0.15, 0.2) is 24.3 Å². The van der Waals surface area contributed by atoms with Crippen LogP contribution in [0.4, 0.5) is 18.9 Å². The average molecular weight is 353 g/mol. The van der Waals surface area contributed by atoms with Gasteiger partial charge in [-0.25, -0.2) is 0 Å². The van der Waals surface area contributed by atoms with Gasteiger partial charge in [0, 0.05) is 13.0 Å². The van der Waals surface area contributed by atoms with Crippen LogP contribution in [0.3, 0.4) is 0 Å². The number of rotatable bonds is 5. The van der Waals surface area contributed by atoms with Gasteiger partial charge in [-0.05, 0) is 43.5 Å². The maximum atomic E-state index is 12.7. The van der Waals surface area contributed by atoms with E-state index < -0.39 is 11.9 Å². The number of amides is 1. The van der Waals surface area contributed by atoms with Gasteiger partial charge in [-0.15, -0.1) is 0 Å². The zero-order valence-electron chi connectivity index (χ0n) is 13.9. The highest BCUT2D eigenvalue weighted by molar-refractivity contribution is 5.95. The molecule has 1 aliphatic rings. The van der Waals surface area contributed by atoms with Gasteiger partial charge in [0.15, 0.2) is 5.69 Å². The van der Waals surface area contributed by atoms with Crippen LogP contribution < -0.4 is 10.1 Å². The number of carbonyl (C=O) groups excluding carboxylic acids is 1. The number of hydrogen-bond acceptors (Lipinski definition) is 3. The summed E-state index contributed by atoms with van der Waals surface area (Å²) in [5.41, 5.74) is 0.759. The van der Waals surface area contributed by atoms with Gasteiger partial charge in [0.25, 0.3) is 0 Å². The summed E-state index contributed by atoms with van der Waals surface area (Å²) in [5.74, 6) is 0.401. The number of ether oxygens (including phenoxy) is 1. The Balaban J connectivity index is 1.75. The fourth-order valence-corrected chi connectivity index (χ4v) is 2.36. The Labute approximate surface area is 142 Å². The van der Waals surface area contributed by atoms with E-state index in [1.165, 1.54) is 7.05 Å². The Bertz CT molecular complexity index is 795. The van der Waals surface area contributed by atoms with Crippen LogP contribution in [0, 0.1) is 12.8 Å². The number of carbonyl (C=O) groups is 1. The number of benzene rings is 1. The lowest BCUT2D eigenvalue weighted by Gasteiger charge is -2.13. The van der Waals surface area contributed by atoms with Gasteiger partial charge >= 0.3 is 6.18 Å².